The quantitative estimate of drug-likeness (QED) is 0.828. The van der Waals surface area contributed by atoms with Crippen molar-refractivity contribution in [2.45, 2.75) is 0 Å². The van der Waals surface area contributed by atoms with E-state index in [0.29, 0.717) is 10.7 Å². The van der Waals surface area contributed by atoms with Crippen LogP contribution in [0.25, 0.3) is 6.08 Å². The molecular formula is C15H12ClNO. The zero-order chi connectivity index (χ0) is 12.8. The first-order valence-corrected chi connectivity index (χ1v) is 5.91. The monoisotopic (exact) mass is 257 g/mol. The molecule has 0 heterocycles. The summed E-state index contributed by atoms with van der Waals surface area (Å²) >= 11 is 5.83. The molecule has 0 radical (unpaired) electrons. The molecular weight excluding hydrogens is 246 g/mol. The van der Waals surface area contributed by atoms with Crippen LogP contribution in [-0.2, 0) is 4.79 Å². The number of nitrogens with one attached hydrogen (secondary N) is 1. The lowest BCUT2D eigenvalue weighted by atomic mass is 10.2. The van der Waals surface area contributed by atoms with Gasteiger partial charge in [0.25, 0.3) is 0 Å². The fourth-order valence-electron chi connectivity index (χ4n) is 1.49. The third-order valence-electron chi connectivity index (χ3n) is 2.32. The van der Waals surface area contributed by atoms with E-state index in [9.17, 15) is 4.79 Å². The third-order valence-corrected chi connectivity index (χ3v) is 2.55. The predicted octanol–water partition coefficient (Wildman–Crippen LogP) is 3.99. The summed E-state index contributed by atoms with van der Waals surface area (Å²) in [5.41, 5.74) is 1.67. The SMILES string of the molecule is O=C(C=Cc1ccccc1)Nc1cccc(Cl)c1. The summed E-state index contributed by atoms with van der Waals surface area (Å²) in [4.78, 5) is 11.7. The van der Waals surface area contributed by atoms with Crippen LogP contribution in [-0.4, -0.2) is 5.91 Å². The van der Waals surface area contributed by atoms with Gasteiger partial charge in [0.1, 0.15) is 0 Å². The summed E-state index contributed by atoms with van der Waals surface area (Å²) in [6.07, 6.45) is 3.26. The molecule has 0 aliphatic rings. The number of carbonyl (C=O) groups excluding carboxylic acids is 1. The molecule has 18 heavy (non-hydrogen) atoms. The lowest BCUT2D eigenvalue weighted by Crippen LogP contribution is -2.07. The number of halogens is 1. The largest absolute Gasteiger partial charge is 0.322 e. The molecule has 3 heteroatoms. The predicted molar refractivity (Wildman–Crippen MR) is 75.6 cm³/mol. The highest BCUT2D eigenvalue weighted by atomic mass is 35.5. The Morgan fingerprint density at radius 1 is 1.06 bits per heavy atom. The Bertz CT molecular complexity index is 564. The summed E-state index contributed by atoms with van der Waals surface area (Å²) in [5.74, 6) is -0.180. The van der Waals surface area contributed by atoms with Gasteiger partial charge in [-0.3, -0.25) is 4.79 Å². The van der Waals surface area contributed by atoms with Crippen molar-refractivity contribution in [2.75, 3.05) is 5.32 Å². The number of hydrogen-bond acceptors (Lipinski definition) is 1. The van der Waals surface area contributed by atoms with Crippen LogP contribution >= 0.6 is 11.6 Å². The second-order valence-corrected chi connectivity index (χ2v) is 4.18. The van der Waals surface area contributed by atoms with Gasteiger partial charge in [-0.05, 0) is 29.8 Å². The smallest absolute Gasteiger partial charge is 0.248 e. The van der Waals surface area contributed by atoms with Crippen molar-refractivity contribution in [2.24, 2.45) is 0 Å². The normalized spacial score (nSPS) is 10.5. The van der Waals surface area contributed by atoms with Crippen molar-refractivity contribution in [1.82, 2.24) is 0 Å². The molecule has 90 valence electrons. The molecule has 0 aliphatic heterocycles. The maximum atomic E-state index is 11.7. The van der Waals surface area contributed by atoms with E-state index in [1.54, 1.807) is 30.3 Å². The van der Waals surface area contributed by atoms with Gasteiger partial charge in [-0.15, -0.1) is 0 Å². The maximum absolute atomic E-state index is 11.7. The van der Waals surface area contributed by atoms with E-state index in [1.807, 2.05) is 30.3 Å². The standard InChI is InChI=1S/C15H12ClNO/c16-13-7-4-8-14(11-13)17-15(18)10-9-12-5-2-1-3-6-12/h1-11H,(H,17,18). The molecule has 2 rings (SSSR count). The molecule has 0 atom stereocenters. The van der Waals surface area contributed by atoms with Crippen molar-refractivity contribution in [3.8, 4) is 0 Å². The first-order valence-electron chi connectivity index (χ1n) is 5.54. The Hall–Kier alpha value is -2.06. The molecule has 2 aromatic rings. The van der Waals surface area contributed by atoms with E-state index in [-0.39, 0.29) is 5.91 Å². The lowest BCUT2D eigenvalue weighted by molar-refractivity contribution is -0.111. The zero-order valence-corrected chi connectivity index (χ0v) is 10.4. The number of amides is 1. The highest BCUT2D eigenvalue weighted by Crippen LogP contribution is 2.14. The van der Waals surface area contributed by atoms with E-state index in [2.05, 4.69) is 5.32 Å². The number of hydrogen-bond donors (Lipinski definition) is 1. The van der Waals surface area contributed by atoms with Crippen LogP contribution in [0.3, 0.4) is 0 Å². The van der Waals surface area contributed by atoms with Crippen molar-refractivity contribution >= 4 is 29.3 Å². The van der Waals surface area contributed by atoms with Crippen LogP contribution in [0.4, 0.5) is 5.69 Å². The maximum Gasteiger partial charge on any atom is 0.248 e. The summed E-state index contributed by atoms with van der Waals surface area (Å²) in [7, 11) is 0. The van der Waals surface area contributed by atoms with E-state index in [4.69, 9.17) is 11.6 Å². The first-order chi connectivity index (χ1) is 8.74. The van der Waals surface area contributed by atoms with Crippen molar-refractivity contribution in [1.29, 1.82) is 0 Å². The molecule has 2 nitrogen and oxygen atoms in total. The van der Waals surface area contributed by atoms with Crippen molar-refractivity contribution < 1.29 is 4.79 Å². The Balaban J connectivity index is 1.99. The number of benzene rings is 2. The van der Waals surface area contributed by atoms with Gasteiger partial charge < -0.3 is 5.32 Å². The molecule has 1 amide bonds. The minimum atomic E-state index is -0.180. The van der Waals surface area contributed by atoms with Gasteiger partial charge in [0.2, 0.25) is 5.91 Å². The van der Waals surface area contributed by atoms with Gasteiger partial charge in [-0.2, -0.15) is 0 Å². The van der Waals surface area contributed by atoms with E-state index in [0.717, 1.165) is 5.56 Å². The molecule has 2 aromatic carbocycles. The molecule has 0 aromatic heterocycles. The fraction of sp³-hybridized carbons (Fsp3) is 0. The van der Waals surface area contributed by atoms with Crippen LogP contribution in [0.2, 0.25) is 5.02 Å². The minimum absolute atomic E-state index is 0.180. The Labute approximate surface area is 111 Å². The topological polar surface area (TPSA) is 29.1 Å². The molecule has 0 saturated carbocycles. The summed E-state index contributed by atoms with van der Waals surface area (Å²) in [6.45, 7) is 0. The van der Waals surface area contributed by atoms with Gasteiger partial charge >= 0.3 is 0 Å². The molecule has 0 unspecified atom stereocenters. The average molecular weight is 258 g/mol. The van der Waals surface area contributed by atoms with Gasteiger partial charge in [-0.25, -0.2) is 0 Å². The highest BCUT2D eigenvalue weighted by molar-refractivity contribution is 6.30. The van der Waals surface area contributed by atoms with Gasteiger partial charge in [0, 0.05) is 16.8 Å². The lowest BCUT2D eigenvalue weighted by Gasteiger charge is -2.01. The number of carbonyl (C=O) groups is 1. The molecule has 0 spiro atoms. The molecule has 1 N–H and O–H groups in total. The average Bonchev–Trinajstić information content (AvgIpc) is 2.38. The van der Waals surface area contributed by atoms with Crippen molar-refractivity contribution in [3.63, 3.8) is 0 Å². The van der Waals surface area contributed by atoms with E-state index >= 15 is 0 Å². The van der Waals surface area contributed by atoms with Gasteiger partial charge in [0.05, 0.1) is 0 Å². The van der Waals surface area contributed by atoms with E-state index < -0.39 is 0 Å². The van der Waals surface area contributed by atoms with Gasteiger partial charge in [-0.1, -0.05) is 48.0 Å². The van der Waals surface area contributed by atoms with Crippen molar-refractivity contribution in [3.05, 3.63) is 71.3 Å². The highest BCUT2D eigenvalue weighted by Gasteiger charge is 1.98. The zero-order valence-electron chi connectivity index (χ0n) is 9.64. The van der Waals surface area contributed by atoms with E-state index in [1.165, 1.54) is 6.08 Å². The summed E-state index contributed by atoms with van der Waals surface area (Å²) in [5, 5.41) is 3.34. The molecule has 0 aliphatic carbocycles. The van der Waals surface area contributed by atoms with Crippen LogP contribution < -0.4 is 5.32 Å². The number of rotatable bonds is 3. The van der Waals surface area contributed by atoms with Crippen LogP contribution in [0.1, 0.15) is 5.56 Å². The number of anilines is 1. The fourth-order valence-corrected chi connectivity index (χ4v) is 1.68. The minimum Gasteiger partial charge on any atom is -0.322 e. The summed E-state index contributed by atoms with van der Waals surface area (Å²) in [6, 6.07) is 16.7. The third kappa shape index (κ3) is 3.75. The Morgan fingerprint density at radius 3 is 2.56 bits per heavy atom. The molecule has 0 saturated heterocycles. The van der Waals surface area contributed by atoms with Crippen LogP contribution in [0.5, 0.6) is 0 Å². The Kier molecular flexibility index (Phi) is 4.15. The second kappa shape index (κ2) is 6.03. The van der Waals surface area contributed by atoms with Crippen LogP contribution in [0.15, 0.2) is 60.7 Å². The van der Waals surface area contributed by atoms with Crippen LogP contribution in [0, 0.1) is 0 Å². The van der Waals surface area contributed by atoms with Gasteiger partial charge in [0.15, 0.2) is 0 Å². The summed E-state index contributed by atoms with van der Waals surface area (Å²) < 4.78 is 0. The second-order valence-electron chi connectivity index (χ2n) is 3.74. The molecule has 0 bridgehead atoms. The Morgan fingerprint density at radius 2 is 1.83 bits per heavy atom. The molecule has 0 fully saturated rings. The first kappa shape index (κ1) is 12.4.